The van der Waals surface area contributed by atoms with E-state index in [-0.39, 0.29) is 17.3 Å². The number of rotatable bonds is 8. The largest absolute Gasteiger partial charge is 0.379 e. The molecule has 1 aliphatic heterocycles. The van der Waals surface area contributed by atoms with Crippen LogP contribution >= 0.6 is 0 Å². The van der Waals surface area contributed by atoms with Crippen LogP contribution in [0.1, 0.15) is 18.1 Å². The van der Waals surface area contributed by atoms with Gasteiger partial charge in [-0.3, -0.25) is 9.69 Å². The van der Waals surface area contributed by atoms with Crippen molar-refractivity contribution in [3.63, 3.8) is 0 Å². The van der Waals surface area contributed by atoms with E-state index < -0.39 is 10.0 Å². The van der Waals surface area contributed by atoms with E-state index in [1.807, 2.05) is 13.0 Å². The van der Waals surface area contributed by atoms with Gasteiger partial charge >= 0.3 is 0 Å². The van der Waals surface area contributed by atoms with E-state index in [9.17, 15) is 13.2 Å². The second-order valence-electron chi connectivity index (χ2n) is 6.63. The smallest absolute Gasteiger partial charge is 0.240 e. The number of carbonyl (C=O) groups excluding carboxylic acids is 1. The summed E-state index contributed by atoms with van der Waals surface area (Å²) in [5, 5.41) is 0. The van der Waals surface area contributed by atoms with Gasteiger partial charge in [0.2, 0.25) is 15.9 Å². The van der Waals surface area contributed by atoms with Crippen LogP contribution < -0.4 is 4.72 Å². The van der Waals surface area contributed by atoms with Gasteiger partial charge in [-0.15, -0.1) is 0 Å². The van der Waals surface area contributed by atoms with Gasteiger partial charge in [0.1, 0.15) is 0 Å². The molecule has 0 aliphatic carbocycles. The quantitative estimate of drug-likeness (QED) is 0.717. The van der Waals surface area contributed by atoms with E-state index in [4.69, 9.17) is 4.74 Å². The molecule has 1 aromatic carbocycles. The molecule has 1 heterocycles. The molecule has 0 radical (unpaired) electrons. The predicted octanol–water partition coefficient (Wildman–Crippen LogP) is 0.762. The zero-order valence-corrected chi connectivity index (χ0v) is 16.6. The standard InChI is InChI=1S/C18H29N3O4S/c1-15-4-5-18(16(2)14-15)26(23,24)19-6-7-21(17(3)22)9-8-20-10-12-25-13-11-20/h4-5,14,19H,6-13H2,1-3H3. The average molecular weight is 384 g/mol. The van der Waals surface area contributed by atoms with E-state index >= 15 is 0 Å². The molecule has 1 fully saturated rings. The van der Waals surface area contributed by atoms with Crippen LogP contribution in [0.15, 0.2) is 23.1 Å². The van der Waals surface area contributed by atoms with Crippen molar-refractivity contribution in [2.45, 2.75) is 25.7 Å². The van der Waals surface area contributed by atoms with Crippen LogP contribution in [0, 0.1) is 13.8 Å². The molecule has 7 nitrogen and oxygen atoms in total. The van der Waals surface area contributed by atoms with Crippen LogP contribution in [-0.4, -0.2) is 76.6 Å². The molecular formula is C18H29N3O4S. The van der Waals surface area contributed by atoms with E-state index in [1.54, 1.807) is 24.0 Å². The molecule has 0 unspecified atom stereocenters. The molecule has 0 bridgehead atoms. The van der Waals surface area contributed by atoms with Gasteiger partial charge in [-0.2, -0.15) is 0 Å². The zero-order valence-electron chi connectivity index (χ0n) is 15.8. The normalized spacial score (nSPS) is 15.8. The first-order chi connectivity index (χ1) is 12.3. The number of nitrogens with zero attached hydrogens (tertiary/aromatic N) is 2. The number of sulfonamides is 1. The van der Waals surface area contributed by atoms with Crippen LogP contribution in [0.3, 0.4) is 0 Å². The third-order valence-electron chi connectivity index (χ3n) is 4.53. The van der Waals surface area contributed by atoms with E-state index in [0.717, 1.165) is 38.4 Å². The Morgan fingerprint density at radius 1 is 1.23 bits per heavy atom. The van der Waals surface area contributed by atoms with Crippen molar-refractivity contribution < 1.29 is 17.9 Å². The van der Waals surface area contributed by atoms with Crippen LogP contribution in [-0.2, 0) is 19.6 Å². The maximum atomic E-state index is 12.5. The predicted molar refractivity (Wildman–Crippen MR) is 101 cm³/mol. The Hall–Kier alpha value is -1.48. The molecule has 1 saturated heterocycles. The summed E-state index contributed by atoms with van der Waals surface area (Å²) in [6.45, 7) is 10.3. The highest BCUT2D eigenvalue weighted by Crippen LogP contribution is 2.16. The van der Waals surface area contributed by atoms with Crippen LogP contribution in [0.5, 0.6) is 0 Å². The highest BCUT2D eigenvalue weighted by molar-refractivity contribution is 7.89. The monoisotopic (exact) mass is 383 g/mol. The minimum Gasteiger partial charge on any atom is -0.379 e. The molecule has 1 amide bonds. The minimum absolute atomic E-state index is 0.0519. The number of nitrogens with one attached hydrogen (secondary N) is 1. The summed E-state index contributed by atoms with van der Waals surface area (Å²) in [5.41, 5.74) is 1.74. The summed E-state index contributed by atoms with van der Waals surface area (Å²) in [6.07, 6.45) is 0. The van der Waals surface area contributed by atoms with E-state index in [2.05, 4.69) is 9.62 Å². The Kier molecular flexibility index (Phi) is 7.57. The van der Waals surface area contributed by atoms with Gasteiger partial charge in [0.25, 0.3) is 0 Å². The summed E-state index contributed by atoms with van der Waals surface area (Å²) in [6, 6.07) is 5.25. The van der Waals surface area contributed by atoms with Crippen molar-refractivity contribution in [2.24, 2.45) is 0 Å². The van der Waals surface area contributed by atoms with E-state index in [0.29, 0.717) is 18.7 Å². The maximum Gasteiger partial charge on any atom is 0.240 e. The van der Waals surface area contributed by atoms with Gasteiger partial charge < -0.3 is 9.64 Å². The molecule has 1 aromatic rings. The Morgan fingerprint density at radius 3 is 2.54 bits per heavy atom. The summed E-state index contributed by atoms with van der Waals surface area (Å²) in [5.74, 6) is -0.0519. The van der Waals surface area contributed by atoms with Crippen molar-refractivity contribution in [2.75, 3.05) is 52.5 Å². The molecule has 2 rings (SSSR count). The van der Waals surface area contributed by atoms with Crippen molar-refractivity contribution in [1.82, 2.24) is 14.5 Å². The van der Waals surface area contributed by atoms with Crippen molar-refractivity contribution in [3.05, 3.63) is 29.3 Å². The molecule has 0 atom stereocenters. The lowest BCUT2D eigenvalue weighted by Gasteiger charge is -2.29. The molecule has 0 spiro atoms. The van der Waals surface area contributed by atoms with Crippen LogP contribution in [0.25, 0.3) is 0 Å². The topological polar surface area (TPSA) is 79.0 Å². The van der Waals surface area contributed by atoms with Gasteiger partial charge in [-0.1, -0.05) is 17.7 Å². The third-order valence-corrected chi connectivity index (χ3v) is 6.15. The molecule has 146 valence electrons. The third kappa shape index (κ3) is 6.05. The van der Waals surface area contributed by atoms with Gasteiger partial charge in [0.15, 0.2) is 0 Å². The lowest BCUT2D eigenvalue weighted by Crippen LogP contribution is -2.44. The molecule has 0 saturated carbocycles. The van der Waals surface area contributed by atoms with E-state index in [1.165, 1.54) is 6.92 Å². The second-order valence-corrected chi connectivity index (χ2v) is 8.36. The molecule has 1 aliphatic rings. The molecular weight excluding hydrogens is 354 g/mol. The lowest BCUT2D eigenvalue weighted by molar-refractivity contribution is -0.129. The number of hydrogen-bond donors (Lipinski definition) is 1. The number of amides is 1. The lowest BCUT2D eigenvalue weighted by atomic mass is 10.2. The fourth-order valence-electron chi connectivity index (χ4n) is 3.01. The zero-order chi connectivity index (χ0) is 19.2. The number of ether oxygens (including phenoxy) is 1. The fraction of sp³-hybridized carbons (Fsp3) is 0.611. The molecule has 26 heavy (non-hydrogen) atoms. The summed E-state index contributed by atoms with van der Waals surface area (Å²) in [4.78, 5) is 16.1. The Morgan fingerprint density at radius 2 is 1.92 bits per heavy atom. The number of carbonyl (C=O) groups is 1. The van der Waals surface area contributed by atoms with Gasteiger partial charge in [-0.25, -0.2) is 13.1 Å². The summed E-state index contributed by atoms with van der Waals surface area (Å²) < 4.78 is 32.9. The summed E-state index contributed by atoms with van der Waals surface area (Å²) in [7, 11) is -3.58. The van der Waals surface area contributed by atoms with Gasteiger partial charge in [0.05, 0.1) is 18.1 Å². The van der Waals surface area contributed by atoms with Crippen molar-refractivity contribution in [3.8, 4) is 0 Å². The Bertz CT molecular complexity index is 715. The molecule has 8 heteroatoms. The second kappa shape index (κ2) is 9.45. The first kappa shape index (κ1) is 20.8. The van der Waals surface area contributed by atoms with Crippen LogP contribution in [0.4, 0.5) is 0 Å². The molecule has 1 N–H and O–H groups in total. The highest BCUT2D eigenvalue weighted by atomic mass is 32.2. The Labute approximate surface area is 156 Å². The number of hydrogen-bond acceptors (Lipinski definition) is 5. The van der Waals surface area contributed by atoms with Crippen LogP contribution in [0.2, 0.25) is 0 Å². The van der Waals surface area contributed by atoms with Gasteiger partial charge in [-0.05, 0) is 25.5 Å². The SMILES string of the molecule is CC(=O)N(CCNS(=O)(=O)c1ccc(C)cc1C)CCN1CCOCC1. The van der Waals surface area contributed by atoms with Crippen molar-refractivity contribution in [1.29, 1.82) is 0 Å². The van der Waals surface area contributed by atoms with Crippen molar-refractivity contribution >= 4 is 15.9 Å². The maximum absolute atomic E-state index is 12.5. The first-order valence-electron chi connectivity index (χ1n) is 8.92. The Balaban J connectivity index is 1.87. The minimum atomic E-state index is -3.58. The first-order valence-corrected chi connectivity index (χ1v) is 10.4. The van der Waals surface area contributed by atoms with Gasteiger partial charge in [0, 0.05) is 46.2 Å². The fourth-order valence-corrected chi connectivity index (χ4v) is 4.25. The average Bonchev–Trinajstić information content (AvgIpc) is 2.58. The molecule has 0 aromatic heterocycles. The number of benzene rings is 1. The number of aryl methyl sites for hydroxylation is 2. The summed E-state index contributed by atoms with van der Waals surface area (Å²) >= 11 is 0. The highest BCUT2D eigenvalue weighted by Gasteiger charge is 2.18. The number of morpholine rings is 1.